The number of aromatic nitrogens is 1. The van der Waals surface area contributed by atoms with E-state index in [1.807, 2.05) is 60.7 Å². The molecule has 234 valence electrons. The van der Waals surface area contributed by atoms with Gasteiger partial charge in [0.25, 0.3) is 0 Å². The Kier molecular flexibility index (Phi) is 10.5. The first kappa shape index (κ1) is 32.1. The van der Waals surface area contributed by atoms with Gasteiger partial charge >= 0.3 is 12.1 Å². The molecule has 45 heavy (non-hydrogen) atoms. The average molecular weight is 635 g/mol. The Morgan fingerprint density at radius 1 is 0.889 bits per heavy atom. The minimum atomic E-state index is -4.53. The quantitative estimate of drug-likeness (QED) is 0.124. The van der Waals surface area contributed by atoms with E-state index in [4.69, 9.17) is 21.4 Å². The van der Waals surface area contributed by atoms with E-state index in [9.17, 15) is 18.0 Å². The highest BCUT2D eigenvalue weighted by molar-refractivity contribution is 6.32. The van der Waals surface area contributed by atoms with E-state index >= 15 is 0 Å². The van der Waals surface area contributed by atoms with Crippen LogP contribution >= 0.6 is 11.6 Å². The van der Waals surface area contributed by atoms with E-state index in [0.29, 0.717) is 31.0 Å². The lowest BCUT2D eigenvalue weighted by Gasteiger charge is -2.29. The van der Waals surface area contributed by atoms with Crippen molar-refractivity contribution in [2.24, 2.45) is 0 Å². The number of carbonyl (C=O) groups is 1. The predicted octanol–water partition coefficient (Wildman–Crippen LogP) is 8.89. The zero-order chi connectivity index (χ0) is 31.8. The lowest BCUT2D eigenvalue weighted by Crippen LogP contribution is -2.30. The van der Waals surface area contributed by atoms with Crippen LogP contribution in [-0.2, 0) is 24.1 Å². The predicted molar refractivity (Wildman–Crippen MR) is 171 cm³/mol. The molecule has 0 aliphatic carbocycles. The maximum atomic E-state index is 13.6. The van der Waals surface area contributed by atoms with Gasteiger partial charge in [-0.3, -0.25) is 9.69 Å². The molecule has 1 N–H and O–H groups in total. The first-order valence-corrected chi connectivity index (χ1v) is 15.2. The summed E-state index contributed by atoms with van der Waals surface area (Å²) in [5.41, 5.74) is 2.68. The number of carboxylic acids is 1. The SMILES string of the molecule is O=C(O)Cn1ccc2cc(OCCCCN(Cc3cccc(C(F)(F)F)c3Cl)CC(c3ccccc3)c3ccccc3)ccc21. The third-order valence-electron chi connectivity index (χ3n) is 7.81. The molecule has 0 radical (unpaired) electrons. The number of unbranched alkanes of at least 4 members (excludes halogenated alkanes) is 1. The number of hydrogen-bond donors (Lipinski definition) is 1. The molecule has 4 aromatic carbocycles. The van der Waals surface area contributed by atoms with Crippen molar-refractivity contribution in [1.82, 2.24) is 9.47 Å². The second-order valence-corrected chi connectivity index (χ2v) is 11.4. The lowest BCUT2D eigenvalue weighted by molar-refractivity contribution is -0.138. The van der Waals surface area contributed by atoms with Gasteiger partial charge in [-0.2, -0.15) is 13.2 Å². The average Bonchev–Trinajstić information content (AvgIpc) is 3.41. The number of aliphatic carboxylic acids is 1. The number of benzene rings is 4. The minimum Gasteiger partial charge on any atom is -0.494 e. The maximum absolute atomic E-state index is 13.6. The third-order valence-corrected chi connectivity index (χ3v) is 8.25. The van der Waals surface area contributed by atoms with Gasteiger partial charge in [-0.05, 0) is 66.4 Å². The number of fused-ring (bicyclic) bond motifs is 1. The molecule has 1 aromatic heterocycles. The normalized spacial score (nSPS) is 11.9. The van der Waals surface area contributed by atoms with Crippen LogP contribution < -0.4 is 4.74 Å². The van der Waals surface area contributed by atoms with Crippen molar-refractivity contribution in [3.8, 4) is 5.75 Å². The van der Waals surface area contributed by atoms with E-state index in [1.54, 1.807) is 16.8 Å². The van der Waals surface area contributed by atoms with Gasteiger partial charge in [0.15, 0.2) is 0 Å². The summed E-state index contributed by atoms with van der Waals surface area (Å²) in [6.45, 7) is 1.83. The van der Waals surface area contributed by atoms with Crippen LogP contribution in [0.3, 0.4) is 0 Å². The van der Waals surface area contributed by atoms with Gasteiger partial charge in [0.2, 0.25) is 0 Å². The fraction of sp³-hybridized carbons (Fsp3) is 0.250. The molecule has 0 amide bonds. The summed E-state index contributed by atoms with van der Waals surface area (Å²) in [5.74, 6) is -0.208. The fourth-order valence-corrected chi connectivity index (χ4v) is 5.90. The molecule has 0 aliphatic rings. The van der Waals surface area contributed by atoms with E-state index in [0.717, 1.165) is 40.9 Å². The van der Waals surface area contributed by atoms with Gasteiger partial charge in [0.05, 0.1) is 17.2 Å². The zero-order valence-corrected chi connectivity index (χ0v) is 25.3. The standard InChI is InChI=1S/C36H34ClF3N2O3/c37-35-29(14-9-15-32(35)36(38,39)40)23-41(24-31(26-10-3-1-4-11-26)27-12-5-2-6-13-27)19-7-8-21-45-30-16-17-33-28(22-30)18-20-42(33)25-34(43)44/h1-6,9-18,20,22,31H,7-8,19,21,23-25H2,(H,43,44). The molecular weight excluding hydrogens is 601 g/mol. The van der Waals surface area contributed by atoms with Crippen LogP contribution in [-0.4, -0.2) is 40.2 Å². The molecule has 5 rings (SSSR count). The fourth-order valence-electron chi connectivity index (χ4n) is 5.61. The number of halogens is 4. The minimum absolute atomic E-state index is 0.00776. The summed E-state index contributed by atoms with van der Waals surface area (Å²) < 4.78 is 48.6. The number of ether oxygens (including phenoxy) is 1. The molecular formula is C36H34ClF3N2O3. The Morgan fingerprint density at radius 3 is 2.22 bits per heavy atom. The highest BCUT2D eigenvalue weighted by atomic mass is 35.5. The summed E-state index contributed by atoms with van der Waals surface area (Å²) >= 11 is 6.33. The molecule has 0 bridgehead atoms. The van der Waals surface area contributed by atoms with Gasteiger partial charge in [-0.25, -0.2) is 0 Å². The van der Waals surface area contributed by atoms with E-state index in [1.165, 1.54) is 6.07 Å². The zero-order valence-electron chi connectivity index (χ0n) is 24.6. The summed E-state index contributed by atoms with van der Waals surface area (Å²) in [6, 6.07) is 31.7. The summed E-state index contributed by atoms with van der Waals surface area (Å²) in [4.78, 5) is 13.3. The van der Waals surface area contributed by atoms with Gasteiger partial charge in [-0.1, -0.05) is 84.4 Å². The first-order chi connectivity index (χ1) is 21.7. The molecule has 0 atom stereocenters. The molecule has 5 aromatic rings. The second kappa shape index (κ2) is 14.7. The number of alkyl halides is 3. The first-order valence-electron chi connectivity index (χ1n) is 14.8. The Morgan fingerprint density at radius 2 is 1.58 bits per heavy atom. The van der Waals surface area contributed by atoms with E-state index in [2.05, 4.69) is 29.2 Å². The molecule has 1 heterocycles. The molecule has 0 unspecified atom stereocenters. The Hall–Kier alpha value is -4.27. The van der Waals surface area contributed by atoms with Gasteiger partial charge in [-0.15, -0.1) is 0 Å². The highest BCUT2D eigenvalue weighted by Gasteiger charge is 2.34. The number of nitrogens with zero attached hydrogens (tertiary/aromatic N) is 2. The second-order valence-electron chi connectivity index (χ2n) is 11.0. The largest absolute Gasteiger partial charge is 0.494 e. The maximum Gasteiger partial charge on any atom is 0.417 e. The van der Waals surface area contributed by atoms with Crippen LogP contribution in [0.15, 0.2) is 109 Å². The highest BCUT2D eigenvalue weighted by Crippen LogP contribution is 2.37. The topological polar surface area (TPSA) is 54.7 Å². The molecule has 0 saturated carbocycles. The van der Waals surface area contributed by atoms with Crippen LogP contribution in [0.2, 0.25) is 5.02 Å². The van der Waals surface area contributed by atoms with Crippen molar-refractivity contribution < 1.29 is 27.8 Å². The summed E-state index contributed by atoms with van der Waals surface area (Å²) in [5, 5.41) is 9.74. The van der Waals surface area contributed by atoms with Crippen LogP contribution in [0.5, 0.6) is 5.75 Å². The third kappa shape index (κ3) is 8.47. The van der Waals surface area contributed by atoms with Crippen molar-refractivity contribution in [1.29, 1.82) is 0 Å². The molecule has 5 nitrogen and oxygen atoms in total. The molecule has 0 saturated heterocycles. The van der Waals surface area contributed by atoms with Crippen molar-refractivity contribution in [3.63, 3.8) is 0 Å². The van der Waals surface area contributed by atoms with Crippen LogP contribution in [0.4, 0.5) is 13.2 Å². The van der Waals surface area contributed by atoms with E-state index in [-0.39, 0.29) is 24.0 Å². The van der Waals surface area contributed by atoms with Crippen molar-refractivity contribution in [2.75, 3.05) is 19.7 Å². The Bertz CT molecular complexity index is 1670. The van der Waals surface area contributed by atoms with Crippen LogP contribution in [0.1, 0.15) is 41.0 Å². The van der Waals surface area contributed by atoms with Gasteiger partial charge < -0.3 is 14.4 Å². The number of rotatable bonds is 14. The summed E-state index contributed by atoms with van der Waals surface area (Å²) in [7, 11) is 0. The number of carboxylic acid groups (broad SMARTS) is 1. The van der Waals surface area contributed by atoms with E-state index < -0.39 is 17.7 Å². The molecule has 0 spiro atoms. The van der Waals surface area contributed by atoms with Crippen LogP contribution in [0.25, 0.3) is 10.9 Å². The van der Waals surface area contributed by atoms with Gasteiger partial charge in [0.1, 0.15) is 12.3 Å². The summed E-state index contributed by atoms with van der Waals surface area (Å²) in [6.07, 6.45) is -1.31. The van der Waals surface area contributed by atoms with Crippen molar-refractivity contribution in [3.05, 3.63) is 137 Å². The van der Waals surface area contributed by atoms with Crippen molar-refractivity contribution in [2.45, 2.75) is 38.0 Å². The molecule has 0 aliphatic heterocycles. The Balaban J connectivity index is 1.29. The smallest absolute Gasteiger partial charge is 0.417 e. The monoisotopic (exact) mass is 634 g/mol. The molecule has 9 heteroatoms. The number of hydrogen-bond acceptors (Lipinski definition) is 3. The lowest BCUT2D eigenvalue weighted by atomic mass is 9.90. The van der Waals surface area contributed by atoms with Crippen LogP contribution in [0, 0.1) is 0 Å². The van der Waals surface area contributed by atoms with Gasteiger partial charge in [0, 0.05) is 36.1 Å². The van der Waals surface area contributed by atoms with Crippen molar-refractivity contribution >= 4 is 28.5 Å². The Labute approximate surface area is 265 Å². The molecule has 0 fully saturated rings.